The summed E-state index contributed by atoms with van der Waals surface area (Å²) in [6, 6.07) is 0.490. The van der Waals surface area contributed by atoms with E-state index < -0.39 is 5.60 Å². The van der Waals surface area contributed by atoms with E-state index in [9.17, 15) is 5.11 Å². The number of rotatable bonds is 3. The van der Waals surface area contributed by atoms with Gasteiger partial charge in [-0.1, -0.05) is 26.7 Å². The fourth-order valence-electron chi connectivity index (χ4n) is 3.11. The summed E-state index contributed by atoms with van der Waals surface area (Å²) in [5.41, 5.74) is 5.63. The van der Waals surface area contributed by atoms with Crippen LogP contribution in [-0.2, 0) is 0 Å². The summed E-state index contributed by atoms with van der Waals surface area (Å²) in [7, 11) is 0. The average molecular weight is 267 g/mol. The molecule has 2 aliphatic carbocycles. The van der Waals surface area contributed by atoms with Crippen molar-refractivity contribution in [2.24, 2.45) is 16.1 Å². The molecule has 4 nitrogen and oxygen atoms in total. The van der Waals surface area contributed by atoms with Crippen LogP contribution in [0.15, 0.2) is 4.99 Å². The molecule has 2 aliphatic rings. The van der Waals surface area contributed by atoms with Gasteiger partial charge in [-0.15, -0.1) is 0 Å². The molecule has 0 unspecified atom stereocenters. The maximum atomic E-state index is 10.5. The van der Waals surface area contributed by atoms with Crippen molar-refractivity contribution < 1.29 is 5.11 Å². The molecule has 0 aliphatic heterocycles. The van der Waals surface area contributed by atoms with E-state index in [0.717, 1.165) is 25.7 Å². The zero-order valence-corrected chi connectivity index (χ0v) is 12.4. The number of hydrogen-bond donors (Lipinski definition) is 3. The molecule has 2 saturated carbocycles. The molecule has 0 atom stereocenters. The van der Waals surface area contributed by atoms with Crippen molar-refractivity contribution in [3.63, 3.8) is 0 Å². The number of hydrogen-bond acceptors (Lipinski definition) is 2. The topological polar surface area (TPSA) is 70.6 Å². The fraction of sp³-hybridized carbons (Fsp3) is 0.933. The highest BCUT2D eigenvalue weighted by Crippen LogP contribution is 2.40. The Morgan fingerprint density at radius 3 is 2.37 bits per heavy atom. The zero-order valence-electron chi connectivity index (χ0n) is 12.4. The molecule has 4 heteroatoms. The molecule has 2 rings (SSSR count). The molecule has 19 heavy (non-hydrogen) atoms. The third kappa shape index (κ3) is 4.37. The Labute approximate surface area is 116 Å². The summed E-state index contributed by atoms with van der Waals surface area (Å²) in [5.74, 6) is 0.505. The van der Waals surface area contributed by atoms with Crippen molar-refractivity contribution in [1.29, 1.82) is 0 Å². The Balaban J connectivity index is 1.79. The van der Waals surface area contributed by atoms with Crippen molar-refractivity contribution in [1.82, 2.24) is 5.32 Å². The summed E-state index contributed by atoms with van der Waals surface area (Å²) >= 11 is 0. The molecule has 0 saturated heterocycles. The largest absolute Gasteiger partial charge is 0.388 e. The van der Waals surface area contributed by atoms with E-state index in [1.165, 1.54) is 25.7 Å². The van der Waals surface area contributed by atoms with E-state index in [4.69, 9.17) is 5.73 Å². The Hall–Kier alpha value is -0.770. The van der Waals surface area contributed by atoms with Crippen molar-refractivity contribution in [3.8, 4) is 0 Å². The van der Waals surface area contributed by atoms with Crippen molar-refractivity contribution >= 4 is 5.96 Å². The van der Waals surface area contributed by atoms with Gasteiger partial charge in [-0.3, -0.25) is 4.99 Å². The molecule has 0 spiro atoms. The molecule has 0 bridgehead atoms. The molecule has 0 heterocycles. The first kappa shape index (κ1) is 14.6. The molecule has 110 valence electrons. The van der Waals surface area contributed by atoms with E-state index in [-0.39, 0.29) is 0 Å². The summed E-state index contributed by atoms with van der Waals surface area (Å²) in [4.78, 5) is 4.36. The smallest absolute Gasteiger partial charge is 0.188 e. The van der Waals surface area contributed by atoms with E-state index >= 15 is 0 Å². The van der Waals surface area contributed by atoms with Crippen LogP contribution in [0, 0.1) is 5.41 Å². The molecule has 0 aromatic heterocycles. The molecule has 0 aromatic carbocycles. The van der Waals surface area contributed by atoms with Gasteiger partial charge in [-0.2, -0.15) is 0 Å². The second kappa shape index (κ2) is 5.70. The standard InChI is InChI=1S/C15H29N3O/c1-14(2)7-9-15(19,10-8-14)11-17-13(16)18-12-5-3-4-6-12/h12,19H,3-11H2,1-2H3,(H3,16,17,18). The van der Waals surface area contributed by atoms with Crippen LogP contribution in [-0.4, -0.2) is 29.3 Å². The summed E-state index contributed by atoms with van der Waals surface area (Å²) in [6.45, 7) is 4.98. The Morgan fingerprint density at radius 2 is 1.79 bits per heavy atom. The van der Waals surface area contributed by atoms with Gasteiger partial charge in [0, 0.05) is 6.04 Å². The van der Waals surface area contributed by atoms with E-state index in [0.29, 0.717) is 24.0 Å². The maximum absolute atomic E-state index is 10.5. The van der Waals surface area contributed by atoms with Gasteiger partial charge in [0.2, 0.25) is 0 Å². The number of aliphatic imine (C=N–C) groups is 1. The van der Waals surface area contributed by atoms with Gasteiger partial charge >= 0.3 is 0 Å². The van der Waals surface area contributed by atoms with Crippen LogP contribution in [0.3, 0.4) is 0 Å². The molecule has 2 fully saturated rings. The highest BCUT2D eigenvalue weighted by atomic mass is 16.3. The highest BCUT2D eigenvalue weighted by molar-refractivity contribution is 5.78. The average Bonchev–Trinajstić information content (AvgIpc) is 2.84. The number of nitrogens with one attached hydrogen (secondary N) is 1. The summed E-state index contributed by atoms with van der Waals surface area (Å²) < 4.78 is 0. The Bertz CT molecular complexity index is 322. The Kier molecular flexibility index (Phi) is 4.39. The zero-order chi connectivity index (χ0) is 13.9. The molecular weight excluding hydrogens is 238 g/mol. The van der Waals surface area contributed by atoms with Crippen LogP contribution in [0.5, 0.6) is 0 Å². The quantitative estimate of drug-likeness (QED) is 0.542. The van der Waals surface area contributed by atoms with E-state index in [1.807, 2.05) is 0 Å². The molecule has 0 amide bonds. The van der Waals surface area contributed by atoms with Gasteiger partial charge in [0.25, 0.3) is 0 Å². The second-order valence-electron chi connectivity index (χ2n) is 7.22. The SMILES string of the molecule is CC1(C)CCC(O)(CN=C(N)NC2CCCC2)CC1. The summed E-state index contributed by atoms with van der Waals surface area (Å²) in [6.07, 6.45) is 8.74. The lowest BCUT2D eigenvalue weighted by Gasteiger charge is -2.39. The lowest BCUT2D eigenvalue weighted by molar-refractivity contribution is -0.0175. The van der Waals surface area contributed by atoms with Crippen molar-refractivity contribution in [2.75, 3.05) is 6.54 Å². The maximum Gasteiger partial charge on any atom is 0.188 e. The van der Waals surface area contributed by atoms with Crippen LogP contribution in [0.25, 0.3) is 0 Å². The van der Waals surface area contributed by atoms with Gasteiger partial charge in [0.1, 0.15) is 0 Å². The van der Waals surface area contributed by atoms with Crippen LogP contribution >= 0.6 is 0 Å². The van der Waals surface area contributed by atoms with E-state index in [1.54, 1.807) is 0 Å². The third-order valence-corrected chi connectivity index (χ3v) is 4.79. The monoisotopic (exact) mass is 267 g/mol. The Morgan fingerprint density at radius 1 is 1.21 bits per heavy atom. The number of guanidine groups is 1. The predicted molar refractivity (Wildman–Crippen MR) is 79.1 cm³/mol. The second-order valence-corrected chi connectivity index (χ2v) is 7.22. The van der Waals surface area contributed by atoms with E-state index in [2.05, 4.69) is 24.2 Å². The van der Waals surface area contributed by atoms with Crippen LogP contribution in [0.4, 0.5) is 0 Å². The molecule has 4 N–H and O–H groups in total. The van der Waals surface area contributed by atoms with Gasteiger partial charge in [-0.05, 0) is 43.9 Å². The van der Waals surface area contributed by atoms with Crippen LogP contribution in [0.1, 0.15) is 65.2 Å². The number of nitrogens with zero attached hydrogens (tertiary/aromatic N) is 1. The lowest BCUT2D eigenvalue weighted by atomic mass is 9.71. The molecule has 0 aromatic rings. The molecule has 0 radical (unpaired) electrons. The highest BCUT2D eigenvalue weighted by Gasteiger charge is 2.36. The van der Waals surface area contributed by atoms with Gasteiger partial charge < -0.3 is 16.2 Å². The van der Waals surface area contributed by atoms with Crippen molar-refractivity contribution in [3.05, 3.63) is 0 Å². The first-order valence-corrected chi connectivity index (χ1v) is 7.68. The van der Waals surface area contributed by atoms with Gasteiger partial charge in [-0.25, -0.2) is 0 Å². The first-order valence-electron chi connectivity index (χ1n) is 7.68. The van der Waals surface area contributed by atoms with Gasteiger partial charge in [0.05, 0.1) is 12.1 Å². The minimum atomic E-state index is -0.641. The fourth-order valence-corrected chi connectivity index (χ4v) is 3.11. The van der Waals surface area contributed by atoms with Gasteiger partial charge in [0.15, 0.2) is 5.96 Å². The first-order chi connectivity index (χ1) is 8.89. The predicted octanol–water partition coefficient (Wildman–Crippen LogP) is 2.16. The minimum absolute atomic E-state index is 0.365. The minimum Gasteiger partial charge on any atom is -0.388 e. The van der Waals surface area contributed by atoms with Crippen molar-refractivity contribution in [2.45, 2.75) is 76.9 Å². The van der Waals surface area contributed by atoms with Crippen LogP contribution < -0.4 is 11.1 Å². The normalized spacial score (nSPS) is 27.4. The molecular formula is C15H29N3O. The number of aliphatic hydroxyl groups is 1. The third-order valence-electron chi connectivity index (χ3n) is 4.79. The number of nitrogens with two attached hydrogens (primary N) is 1. The lowest BCUT2D eigenvalue weighted by Crippen LogP contribution is -2.43. The van der Waals surface area contributed by atoms with Crippen LogP contribution in [0.2, 0.25) is 0 Å². The summed E-state index contributed by atoms with van der Waals surface area (Å²) in [5, 5.41) is 13.8.